The summed E-state index contributed by atoms with van der Waals surface area (Å²) in [4.78, 5) is 27.3. The van der Waals surface area contributed by atoms with Crippen LogP contribution in [-0.4, -0.2) is 62.6 Å². The molecule has 0 atom stereocenters. The predicted octanol–water partition coefficient (Wildman–Crippen LogP) is 1.50. The molecule has 0 unspecified atom stereocenters. The summed E-state index contributed by atoms with van der Waals surface area (Å²) in [5, 5.41) is 11.3. The van der Waals surface area contributed by atoms with Crippen molar-refractivity contribution in [3.8, 4) is 0 Å². The Morgan fingerprint density at radius 1 is 1.12 bits per heavy atom. The molecule has 1 fully saturated rings. The largest absolute Gasteiger partial charge is 0.378 e. The summed E-state index contributed by atoms with van der Waals surface area (Å²) in [6.07, 6.45) is 2.91. The topological polar surface area (TPSA) is 94.3 Å². The van der Waals surface area contributed by atoms with Crippen LogP contribution in [0.25, 0.3) is 0 Å². The number of halogens is 1. The van der Waals surface area contributed by atoms with Crippen LogP contribution in [0.15, 0.2) is 12.4 Å². The highest BCUT2D eigenvalue weighted by atomic mass is 35.5. The number of hydrogen-bond donors (Lipinski definition) is 1. The Balaban J connectivity index is 1.88. The molecular formula is C16H21ClN6O3. The zero-order valence-corrected chi connectivity index (χ0v) is 15.5. The van der Waals surface area contributed by atoms with E-state index in [0.717, 1.165) is 0 Å². The van der Waals surface area contributed by atoms with Gasteiger partial charge in [0, 0.05) is 26.2 Å². The highest BCUT2D eigenvalue weighted by molar-refractivity contribution is 6.34. The third-order valence-electron chi connectivity index (χ3n) is 4.20. The van der Waals surface area contributed by atoms with E-state index in [4.69, 9.17) is 16.3 Å². The minimum atomic E-state index is -0.430. The number of hydrogen-bond acceptors (Lipinski definition) is 5. The normalized spacial score (nSPS) is 14.5. The number of amides is 2. The summed E-state index contributed by atoms with van der Waals surface area (Å²) in [6.45, 7) is 6.78. The number of rotatable bonds is 5. The van der Waals surface area contributed by atoms with Gasteiger partial charge in [-0.2, -0.15) is 10.2 Å². The highest BCUT2D eigenvalue weighted by Crippen LogP contribution is 2.21. The fourth-order valence-electron chi connectivity index (χ4n) is 2.87. The Morgan fingerprint density at radius 3 is 2.38 bits per heavy atom. The first kappa shape index (κ1) is 18.4. The van der Waals surface area contributed by atoms with Crippen LogP contribution in [0.2, 0.25) is 5.02 Å². The molecular weight excluding hydrogens is 360 g/mol. The smallest absolute Gasteiger partial charge is 0.275 e. The van der Waals surface area contributed by atoms with Crippen LogP contribution < -0.4 is 5.32 Å². The van der Waals surface area contributed by atoms with Crippen LogP contribution in [0.1, 0.15) is 34.8 Å². The molecule has 0 aliphatic carbocycles. The van der Waals surface area contributed by atoms with Gasteiger partial charge >= 0.3 is 0 Å². The van der Waals surface area contributed by atoms with Crippen molar-refractivity contribution in [2.45, 2.75) is 26.9 Å². The van der Waals surface area contributed by atoms with Crippen molar-refractivity contribution in [1.29, 1.82) is 0 Å². The summed E-state index contributed by atoms with van der Waals surface area (Å²) in [5.74, 6) is -0.612. The van der Waals surface area contributed by atoms with Crippen molar-refractivity contribution < 1.29 is 14.3 Å². The minimum Gasteiger partial charge on any atom is -0.378 e. The Morgan fingerprint density at radius 2 is 1.73 bits per heavy atom. The molecule has 26 heavy (non-hydrogen) atoms. The van der Waals surface area contributed by atoms with Crippen LogP contribution in [0.5, 0.6) is 0 Å². The van der Waals surface area contributed by atoms with Crippen LogP contribution in [0.4, 0.5) is 5.69 Å². The molecule has 1 aliphatic rings. The summed E-state index contributed by atoms with van der Waals surface area (Å²) in [6, 6.07) is 0. The molecule has 2 aromatic rings. The van der Waals surface area contributed by atoms with Crippen molar-refractivity contribution in [2.24, 2.45) is 0 Å². The first-order chi connectivity index (χ1) is 12.6. The number of morpholine rings is 1. The fourth-order valence-corrected chi connectivity index (χ4v) is 3.09. The molecule has 2 amide bonds. The number of anilines is 1. The van der Waals surface area contributed by atoms with Gasteiger partial charge in [-0.25, -0.2) is 0 Å². The number of carbonyl (C=O) groups excluding carboxylic acids is 2. The van der Waals surface area contributed by atoms with Gasteiger partial charge in [0.05, 0.1) is 36.3 Å². The minimum absolute atomic E-state index is 0.182. The van der Waals surface area contributed by atoms with Gasteiger partial charge in [-0.15, -0.1) is 0 Å². The summed E-state index contributed by atoms with van der Waals surface area (Å²) in [7, 11) is 0. The average Bonchev–Trinajstić information content (AvgIpc) is 3.24. The number of carbonyl (C=O) groups is 2. The monoisotopic (exact) mass is 380 g/mol. The lowest BCUT2D eigenvalue weighted by Crippen LogP contribution is -2.41. The molecule has 0 bridgehead atoms. The molecule has 10 heteroatoms. The number of nitrogens with one attached hydrogen (secondary N) is 1. The van der Waals surface area contributed by atoms with E-state index in [0.29, 0.717) is 50.8 Å². The second-order valence-electron chi connectivity index (χ2n) is 5.74. The Bertz CT molecular complexity index is 809. The Labute approximate surface area is 155 Å². The van der Waals surface area contributed by atoms with Gasteiger partial charge < -0.3 is 15.0 Å². The summed E-state index contributed by atoms with van der Waals surface area (Å²) >= 11 is 6.09. The third-order valence-corrected chi connectivity index (χ3v) is 4.47. The SMILES string of the molecule is CCn1ncc(Cl)c1C(=O)Nc1cnn(CC)c1C(=O)N1CCOCC1. The Hall–Kier alpha value is -2.39. The van der Waals surface area contributed by atoms with E-state index >= 15 is 0 Å². The average molecular weight is 381 g/mol. The molecule has 1 aliphatic heterocycles. The van der Waals surface area contributed by atoms with Gasteiger partial charge in [-0.05, 0) is 13.8 Å². The lowest BCUT2D eigenvalue weighted by atomic mass is 10.2. The number of nitrogens with zero attached hydrogens (tertiary/aromatic N) is 5. The van der Waals surface area contributed by atoms with Crippen LogP contribution in [0.3, 0.4) is 0 Å². The quantitative estimate of drug-likeness (QED) is 0.848. The molecule has 9 nitrogen and oxygen atoms in total. The van der Waals surface area contributed by atoms with Gasteiger partial charge in [0.15, 0.2) is 0 Å². The zero-order valence-electron chi connectivity index (χ0n) is 14.7. The van der Waals surface area contributed by atoms with Crippen molar-refractivity contribution in [1.82, 2.24) is 24.5 Å². The number of aromatic nitrogens is 4. The first-order valence-electron chi connectivity index (χ1n) is 8.52. The van der Waals surface area contributed by atoms with Gasteiger partial charge in [-0.1, -0.05) is 11.6 Å². The third kappa shape index (κ3) is 3.45. The van der Waals surface area contributed by atoms with Crippen molar-refractivity contribution in [3.63, 3.8) is 0 Å². The van der Waals surface area contributed by atoms with E-state index in [1.807, 2.05) is 13.8 Å². The van der Waals surface area contributed by atoms with E-state index in [-0.39, 0.29) is 16.6 Å². The molecule has 2 aromatic heterocycles. The van der Waals surface area contributed by atoms with Crippen LogP contribution >= 0.6 is 11.6 Å². The zero-order chi connectivity index (χ0) is 18.7. The van der Waals surface area contributed by atoms with Crippen molar-refractivity contribution in [2.75, 3.05) is 31.6 Å². The maximum absolute atomic E-state index is 12.9. The lowest BCUT2D eigenvalue weighted by molar-refractivity contribution is 0.0295. The molecule has 1 N–H and O–H groups in total. The standard InChI is InChI=1S/C16H21ClN6O3/c1-3-22-13(11(17)9-18-22)15(24)20-12-10-19-23(4-2)14(12)16(25)21-5-7-26-8-6-21/h9-10H,3-8H2,1-2H3,(H,20,24). The van der Waals surface area contributed by atoms with E-state index < -0.39 is 5.91 Å². The molecule has 3 rings (SSSR count). The summed E-state index contributed by atoms with van der Waals surface area (Å²) < 4.78 is 8.38. The number of ether oxygens (including phenoxy) is 1. The molecule has 3 heterocycles. The van der Waals surface area contributed by atoms with E-state index in [1.165, 1.54) is 17.1 Å². The fraction of sp³-hybridized carbons (Fsp3) is 0.500. The molecule has 140 valence electrons. The van der Waals surface area contributed by atoms with E-state index in [1.54, 1.807) is 9.58 Å². The molecule has 0 radical (unpaired) electrons. The maximum Gasteiger partial charge on any atom is 0.275 e. The Kier molecular flexibility index (Phi) is 5.58. The van der Waals surface area contributed by atoms with Gasteiger partial charge in [0.1, 0.15) is 11.4 Å². The maximum atomic E-state index is 12.9. The summed E-state index contributed by atoms with van der Waals surface area (Å²) in [5.41, 5.74) is 0.956. The predicted molar refractivity (Wildman–Crippen MR) is 95.5 cm³/mol. The first-order valence-corrected chi connectivity index (χ1v) is 8.90. The van der Waals surface area contributed by atoms with Crippen LogP contribution in [-0.2, 0) is 17.8 Å². The van der Waals surface area contributed by atoms with E-state index in [2.05, 4.69) is 15.5 Å². The second-order valence-corrected chi connectivity index (χ2v) is 6.15. The van der Waals surface area contributed by atoms with E-state index in [9.17, 15) is 9.59 Å². The molecule has 0 aromatic carbocycles. The highest BCUT2D eigenvalue weighted by Gasteiger charge is 2.27. The molecule has 1 saturated heterocycles. The van der Waals surface area contributed by atoms with Crippen LogP contribution in [0, 0.1) is 0 Å². The lowest BCUT2D eigenvalue weighted by Gasteiger charge is -2.27. The van der Waals surface area contributed by atoms with Crippen molar-refractivity contribution >= 4 is 29.1 Å². The molecule has 0 spiro atoms. The second kappa shape index (κ2) is 7.88. The number of aryl methyl sites for hydroxylation is 2. The van der Waals surface area contributed by atoms with Crippen molar-refractivity contribution in [3.05, 3.63) is 28.8 Å². The molecule has 0 saturated carbocycles. The van der Waals surface area contributed by atoms with Gasteiger partial charge in [0.2, 0.25) is 0 Å². The van der Waals surface area contributed by atoms with Gasteiger partial charge in [-0.3, -0.25) is 19.0 Å². The van der Waals surface area contributed by atoms with Gasteiger partial charge in [0.25, 0.3) is 11.8 Å².